The smallest absolute Gasteiger partial charge is 0.253 e. The average Bonchev–Trinajstić information content (AvgIpc) is 3.00. The Labute approximate surface area is 246 Å². The van der Waals surface area contributed by atoms with E-state index in [1.807, 2.05) is 65.6 Å². The summed E-state index contributed by atoms with van der Waals surface area (Å²) in [6.45, 7) is 6.34. The molecule has 0 bridgehead atoms. The molecule has 9 heteroatoms. The second-order valence-corrected chi connectivity index (χ2v) is 10.7. The average molecular weight is 565 g/mol. The Morgan fingerprint density at radius 2 is 1.67 bits per heavy atom. The Morgan fingerprint density at radius 1 is 0.952 bits per heavy atom. The highest BCUT2D eigenvalue weighted by Crippen LogP contribution is 2.28. The van der Waals surface area contributed by atoms with E-state index in [-0.39, 0.29) is 36.3 Å². The number of nitrogens with one attached hydrogen (secondary N) is 2. The van der Waals surface area contributed by atoms with Gasteiger partial charge in [0.25, 0.3) is 11.8 Å². The Hall–Kier alpha value is -4.76. The normalized spacial score (nSPS) is 16.6. The molecule has 2 unspecified atom stereocenters. The first-order chi connectivity index (χ1) is 20.4. The zero-order valence-electron chi connectivity index (χ0n) is 23.9. The number of aromatic nitrogens is 2. The summed E-state index contributed by atoms with van der Waals surface area (Å²) >= 11 is 0. The maximum Gasteiger partial charge on any atom is 0.253 e. The van der Waals surface area contributed by atoms with Gasteiger partial charge in [0.1, 0.15) is 6.61 Å². The second-order valence-electron chi connectivity index (χ2n) is 10.7. The lowest BCUT2D eigenvalue weighted by Gasteiger charge is -2.36. The van der Waals surface area contributed by atoms with Crippen molar-refractivity contribution in [3.05, 3.63) is 108 Å². The molecule has 0 saturated carbocycles. The number of nitrogens with two attached hydrogens (primary N) is 1. The SMILES string of the molecule is CC1CN(C(=O)c2ccc(-c3cnc(N)c(OCc4ccc(C(=O)NCCc5ccccn5)cc4)c3)cc2)CC(C)N1. The number of carbonyl (C=O) groups excluding carboxylic acids is 2. The van der Waals surface area contributed by atoms with Crippen LogP contribution in [0, 0.1) is 0 Å². The molecule has 2 aromatic carbocycles. The lowest BCUT2D eigenvalue weighted by Crippen LogP contribution is -2.55. The van der Waals surface area contributed by atoms with Crippen LogP contribution in [-0.2, 0) is 13.0 Å². The van der Waals surface area contributed by atoms with Crippen LogP contribution in [0.25, 0.3) is 11.1 Å². The Kier molecular flexibility index (Phi) is 9.08. The number of benzene rings is 2. The van der Waals surface area contributed by atoms with Crippen molar-refractivity contribution < 1.29 is 14.3 Å². The van der Waals surface area contributed by atoms with Gasteiger partial charge in [-0.2, -0.15) is 0 Å². The summed E-state index contributed by atoms with van der Waals surface area (Å²) in [7, 11) is 0. The lowest BCUT2D eigenvalue weighted by molar-refractivity contribution is 0.0673. The zero-order chi connectivity index (χ0) is 29.5. The number of carbonyl (C=O) groups is 2. The van der Waals surface area contributed by atoms with Crippen LogP contribution in [0.2, 0.25) is 0 Å². The molecule has 3 heterocycles. The fraction of sp³-hybridized carbons (Fsp3) is 0.273. The Bertz CT molecular complexity index is 1500. The number of rotatable bonds is 9. The number of piperazine rings is 1. The largest absolute Gasteiger partial charge is 0.485 e. The van der Waals surface area contributed by atoms with Gasteiger partial charge in [-0.05, 0) is 67.4 Å². The van der Waals surface area contributed by atoms with Gasteiger partial charge in [0.2, 0.25) is 0 Å². The maximum absolute atomic E-state index is 13.0. The van der Waals surface area contributed by atoms with E-state index in [1.165, 1.54) is 0 Å². The van der Waals surface area contributed by atoms with Crippen molar-refractivity contribution in [3.63, 3.8) is 0 Å². The molecule has 216 valence electrons. The summed E-state index contributed by atoms with van der Waals surface area (Å²) in [5, 5.41) is 6.38. The molecular weight excluding hydrogens is 528 g/mol. The third kappa shape index (κ3) is 7.30. The predicted molar refractivity (Wildman–Crippen MR) is 163 cm³/mol. The lowest BCUT2D eigenvalue weighted by atomic mass is 10.0. The molecule has 1 aliphatic rings. The van der Waals surface area contributed by atoms with Gasteiger partial charge in [-0.1, -0.05) is 30.3 Å². The third-order valence-electron chi connectivity index (χ3n) is 7.20. The number of pyridine rings is 2. The minimum Gasteiger partial charge on any atom is -0.485 e. The molecule has 0 aliphatic carbocycles. The Morgan fingerprint density at radius 3 is 2.36 bits per heavy atom. The van der Waals surface area contributed by atoms with E-state index in [0.29, 0.717) is 42.9 Å². The van der Waals surface area contributed by atoms with Crippen molar-refractivity contribution in [2.45, 2.75) is 39.0 Å². The van der Waals surface area contributed by atoms with Crippen LogP contribution in [-0.4, -0.2) is 58.4 Å². The van der Waals surface area contributed by atoms with E-state index in [1.54, 1.807) is 24.5 Å². The summed E-state index contributed by atoms with van der Waals surface area (Å²) in [6, 6.07) is 22.9. The molecule has 9 nitrogen and oxygen atoms in total. The molecular formula is C33H36N6O3. The van der Waals surface area contributed by atoms with E-state index in [4.69, 9.17) is 10.5 Å². The maximum atomic E-state index is 13.0. The van der Waals surface area contributed by atoms with Crippen molar-refractivity contribution in [1.82, 2.24) is 25.5 Å². The fourth-order valence-electron chi connectivity index (χ4n) is 5.07. The molecule has 4 aromatic rings. The van der Waals surface area contributed by atoms with E-state index >= 15 is 0 Å². The molecule has 1 saturated heterocycles. The van der Waals surface area contributed by atoms with Gasteiger partial charge in [0.15, 0.2) is 11.6 Å². The van der Waals surface area contributed by atoms with Crippen LogP contribution in [0.4, 0.5) is 5.82 Å². The molecule has 4 N–H and O–H groups in total. The highest BCUT2D eigenvalue weighted by atomic mass is 16.5. The van der Waals surface area contributed by atoms with Crippen molar-refractivity contribution in [2.75, 3.05) is 25.4 Å². The number of hydrogen-bond donors (Lipinski definition) is 3. The minimum absolute atomic E-state index is 0.0363. The number of nitrogen functional groups attached to an aromatic ring is 1. The van der Waals surface area contributed by atoms with Crippen LogP contribution in [0.5, 0.6) is 5.75 Å². The number of nitrogens with zero attached hydrogens (tertiary/aromatic N) is 3. The molecule has 42 heavy (non-hydrogen) atoms. The first kappa shape index (κ1) is 28.8. The van der Waals surface area contributed by atoms with Gasteiger partial charge < -0.3 is 26.0 Å². The van der Waals surface area contributed by atoms with E-state index < -0.39 is 0 Å². The fourth-order valence-corrected chi connectivity index (χ4v) is 5.07. The molecule has 2 amide bonds. The van der Waals surface area contributed by atoms with E-state index in [0.717, 1.165) is 22.4 Å². The van der Waals surface area contributed by atoms with Crippen LogP contribution >= 0.6 is 0 Å². The topological polar surface area (TPSA) is 122 Å². The minimum atomic E-state index is -0.135. The first-order valence-electron chi connectivity index (χ1n) is 14.2. The second kappa shape index (κ2) is 13.3. The van der Waals surface area contributed by atoms with Gasteiger partial charge in [0.05, 0.1) is 0 Å². The first-order valence-corrected chi connectivity index (χ1v) is 14.2. The molecule has 0 radical (unpaired) electrons. The van der Waals surface area contributed by atoms with E-state index in [9.17, 15) is 9.59 Å². The number of hydrogen-bond acceptors (Lipinski definition) is 7. The molecule has 0 spiro atoms. The van der Waals surface area contributed by atoms with Crippen molar-refractivity contribution >= 4 is 17.6 Å². The van der Waals surface area contributed by atoms with Crippen molar-refractivity contribution in [3.8, 4) is 16.9 Å². The summed E-state index contributed by atoms with van der Waals surface area (Å²) < 4.78 is 6.00. The summed E-state index contributed by atoms with van der Waals surface area (Å²) in [5.74, 6) is 0.655. The van der Waals surface area contributed by atoms with Crippen molar-refractivity contribution in [2.24, 2.45) is 0 Å². The number of anilines is 1. The van der Waals surface area contributed by atoms with Crippen LogP contribution in [0.3, 0.4) is 0 Å². The third-order valence-corrected chi connectivity index (χ3v) is 7.20. The standard InChI is InChI=1S/C33H36N6O3/c1-22-19-39(20-23(2)38-22)33(41)27-12-10-25(11-13-27)28-17-30(31(34)37-18-28)42-21-24-6-8-26(9-7-24)32(40)36-16-14-29-5-3-4-15-35-29/h3-13,15,17-18,22-23,38H,14,16,19-21H2,1-2H3,(H2,34,37)(H,36,40). The summed E-state index contributed by atoms with van der Waals surface area (Å²) in [5.41, 5.74) is 10.9. The van der Waals surface area contributed by atoms with Crippen LogP contribution < -0.4 is 21.1 Å². The monoisotopic (exact) mass is 564 g/mol. The predicted octanol–water partition coefficient (Wildman–Crippen LogP) is 4.10. The molecule has 1 fully saturated rings. The van der Waals surface area contributed by atoms with Crippen molar-refractivity contribution in [1.29, 1.82) is 0 Å². The van der Waals surface area contributed by atoms with Gasteiger partial charge in [-0.15, -0.1) is 0 Å². The zero-order valence-corrected chi connectivity index (χ0v) is 23.9. The Balaban J connectivity index is 1.16. The summed E-state index contributed by atoms with van der Waals surface area (Å²) in [6.07, 6.45) is 4.11. The van der Waals surface area contributed by atoms with Gasteiger partial charge in [-0.25, -0.2) is 4.98 Å². The molecule has 1 aliphatic heterocycles. The molecule has 2 aromatic heterocycles. The number of ether oxygens (including phenoxy) is 1. The highest BCUT2D eigenvalue weighted by molar-refractivity contribution is 5.95. The number of amides is 2. The highest BCUT2D eigenvalue weighted by Gasteiger charge is 2.25. The molecule has 5 rings (SSSR count). The van der Waals surface area contributed by atoms with E-state index in [2.05, 4.69) is 34.4 Å². The van der Waals surface area contributed by atoms with Gasteiger partial charge >= 0.3 is 0 Å². The summed E-state index contributed by atoms with van der Waals surface area (Å²) in [4.78, 5) is 36.0. The molecule has 2 atom stereocenters. The van der Waals surface area contributed by atoms with Crippen LogP contribution in [0.1, 0.15) is 45.8 Å². The van der Waals surface area contributed by atoms with Gasteiger partial charge in [-0.3, -0.25) is 14.6 Å². The van der Waals surface area contributed by atoms with Gasteiger partial charge in [0, 0.05) is 72.9 Å². The quantitative estimate of drug-likeness (QED) is 0.280. The van der Waals surface area contributed by atoms with Crippen LogP contribution in [0.15, 0.2) is 85.2 Å².